The summed E-state index contributed by atoms with van der Waals surface area (Å²) in [6, 6.07) is 3.68. The molecule has 33 heavy (non-hydrogen) atoms. The maximum absolute atomic E-state index is 12.7. The van der Waals surface area contributed by atoms with Crippen LogP contribution in [0.1, 0.15) is 37.6 Å². The van der Waals surface area contributed by atoms with E-state index in [4.69, 9.17) is 4.74 Å². The second-order valence-electron chi connectivity index (χ2n) is 9.27. The number of halogens is 2. The van der Waals surface area contributed by atoms with Crippen LogP contribution in [0.15, 0.2) is 18.3 Å². The zero-order valence-electron chi connectivity index (χ0n) is 19.0. The first kappa shape index (κ1) is 22.9. The summed E-state index contributed by atoms with van der Waals surface area (Å²) in [5, 5.41) is 7.56. The minimum absolute atomic E-state index is 0.0772. The molecule has 9 nitrogen and oxygen atoms in total. The number of alkyl halides is 2. The highest BCUT2D eigenvalue weighted by molar-refractivity contribution is 5.76. The SMILES string of the molecule is CC(C)(C)OC(=O)N1CCc2cnc(Nc3cc4n(n3)CC(=O)N(CC(F)F)CC4)cc2C1. The van der Waals surface area contributed by atoms with Gasteiger partial charge in [-0.3, -0.25) is 9.48 Å². The van der Waals surface area contributed by atoms with Gasteiger partial charge < -0.3 is 19.9 Å². The zero-order valence-corrected chi connectivity index (χ0v) is 19.0. The van der Waals surface area contributed by atoms with Crippen LogP contribution >= 0.6 is 0 Å². The largest absolute Gasteiger partial charge is 0.444 e. The Bertz CT molecular complexity index is 1050. The molecule has 2 aromatic heterocycles. The summed E-state index contributed by atoms with van der Waals surface area (Å²) in [6.07, 6.45) is 0.0189. The Labute approximate surface area is 190 Å². The number of fused-ring (bicyclic) bond motifs is 2. The molecule has 4 heterocycles. The van der Waals surface area contributed by atoms with Crippen LogP contribution in [0.3, 0.4) is 0 Å². The molecule has 178 valence electrons. The predicted molar refractivity (Wildman–Crippen MR) is 116 cm³/mol. The van der Waals surface area contributed by atoms with Gasteiger partial charge in [0.25, 0.3) is 6.43 Å². The second kappa shape index (κ2) is 8.95. The number of amides is 2. The van der Waals surface area contributed by atoms with E-state index in [1.807, 2.05) is 26.8 Å². The first-order chi connectivity index (χ1) is 15.6. The minimum Gasteiger partial charge on any atom is -0.444 e. The van der Waals surface area contributed by atoms with Crippen molar-refractivity contribution in [3.8, 4) is 0 Å². The van der Waals surface area contributed by atoms with E-state index in [-0.39, 0.29) is 25.1 Å². The third-order valence-corrected chi connectivity index (χ3v) is 5.50. The molecule has 4 rings (SSSR count). The molecular formula is C22H28F2N6O3. The van der Waals surface area contributed by atoms with Crippen LogP contribution in [-0.4, -0.2) is 68.2 Å². The Morgan fingerprint density at radius 2 is 1.94 bits per heavy atom. The van der Waals surface area contributed by atoms with Gasteiger partial charge >= 0.3 is 6.09 Å². The quantitative estimate of drug-likeness (QED) is 0.751. The van der Waals surface area contributed by atoms with Gasteiger partial charge in [-0.25, -0.2) is 18.6 Å². The van der Waals surface area contributed by atoms with Crippen molar-refractivity contribution in [3.05, 3.63) is 35.2 Å². The third-order valence-electron chi connectivity index (χ3n) is 5.50. The Hall–Kier alpha value is -3.24. The van der Waals surface area contributed by atoms with Gasteiger partial charge in [0.05, 0.1) is 6.54 Å². The number of aromatic nitrogens is 3. The van der Waals surface area contributed by atoms with Crippen molar-refractivity contribution in [1.82, 2.24) is 24.6 Å². The fourth-order valence-corrected chi connectivity index (χ4v) is 3.94. The van der Waals surface area contributed by atoms with Crippen LogP contribution in [0.4, 0.5) is 25.2 Å². The molecule has 0 fully saturated rings. The van der Waals surface area contributed by atoms with Gasteiger partial charge in [0, 0.05) is 44.0 Å². The molecule has 1 N–H and O–H groups in total. The van der Waals surface area contributed by atoms with Crippen molar-refractivity contribution >= 4 is 23.6 Å². The summed E-state index contributed by atoms with van der Waals surface area (Å²) in [4.78, 5) is 32.0. The topological polar surface area (TPSA) is 92.6 Å². The molecule has 0 atom stereocenters. The van der Waals surface area contributed by atoms with E-state index in [0.29, 0.717) is 37.6 Å². The zero-order chi connectivity index (χ0) is 23.8. The standard InChI is InChI=1S/C22H28F2N6O3/c1-22(2,3)33-21(32)29-6-4-14-10-25-18(8-15(14)11-29)26-19-9-16-5-7-28(12-17(23)24)20(31)13-30(16)27-19/h8-10,17H,4-7,11-13H2,1-3H3,(H,25,26,27). The van der Waals surface area contributed by atoms with Crippen molar-refractivity contribution in [2.75, 3.05) is 25.0 Å². The number of nitrogens with one attached hydrogen (secondary N) is 1. The molecule has 0 radical (unpaired) electrons. The van der Waals surface area contributed by atoms with E-state index < -0.39 is 18.6 Å². The Morgan fingerprint density at radius 3 is 2.67 bits per heavy atom. The van der Waals surface area contributed by atoms with Crippen LogP contribution in [0.2, 0.25) is 0 Å². The number of ether oxygens (including phenoxy) is 1. The Kier molecular flexibility index (Phi) is 6.22. The van der Waals surface area contributed by atoms with Gasteiger partial charge in [-0.2, -0.15) is 5.10 Å². The van der Waals surface area contributed by atoms with Crippen LogP contribution in [-0.2, 0) is 35.5 Å². The normalized spacial score (nSPS) is 16.4. The van der Waals surface area contributed by atoms with Crippen molar-refractivity contribution in [3.63, 3.8) is 0 Å². The van der Waals surface area contributed by atoms with Crippen molar-refractivity contribution in [2.24, 2.45) is 0 Å². The van der Waals surface area contributed by atoms with Crippen molar-refractivity contribution < 1.29 is 23.1 Å². The summed E-state index contributed by atoms with van der Waals surface area (Å²) in [6.45, 7) is 6.10. The maximum atomic E-state index is 12.7. The number of anilines is 2. The van der Waals surface area contributed by atoms with Gasteiger partial charge in [0.2, 0.25) is 5.91 Å². The van der Waals surface area contributed by atoms with Gasteiger partial charge in [-0.1, -0.05) is 0 Å². The second-order valence-corrected chi connectivity index (χ2v) is 9.27. The predicted octanol–water partition coefficient (Wildman–Crippen LogP) is 2.96. The molecule has 0 unspecified atom stereocenters. The molecule has 0 spiro atoms. The number of hydrogen-bond donors (Lipinski definition) is 1. The first-order valence-electron chi connectivity index (χ1n) is 10.9. The average Bonchev–Trinajstić information content (AvgIpc) is 3.03. The smallest absolute Gasteiger partial charge is 0.410 e. The number of carbonyl (C=O) groups excluding carboxylic acids is 2. The lowest BCUT2D eigenvalue weighted by Crippen LogP contribution is -2.39. The van der Waals surface area contributed by atoms with E-state index >= 15 is 0 Å². The van der Waals surface area contributed by atoms with Gasteiger partial charge in [-0.15, -0.1) is 0 Å². The lowest BCUT2D eigenvalue weighted by Gasteiger charge is -2.31. The highest BCUT2D eigenvalue weighted by atomic mass is 19.3. The van der Waals surface area contributed by atoms with Gasteiger partial charge in [0.1, 0.15) is 18.0 Å². The van der Waals surface area contributed by atoms with E-state index in [1.165, 1.54) is 4.90 Å². The molecule has 0 aromatic carbocycles. The van der Waals surface area contributed by atoms with Crippen LogP contribution in [0.25, 0.3) is 0 Å². The van der Waals surface area contributed by atoms with Gasteiger partial charge in [0.15, 0.2) is 5.82 Å². The summed E-state index contributed by atoms with van der Waals surface area (Å²) < 4.78 is 32.4. The summed E-state index contributed by atoms with van der Waals surface area (Å²) in [5.41, 5.74) is 2.28. The summed E-state index contributed by atoms with van der Waals surface area (Å²) >= 11 is 0. The maximum Gasteiger partial charge on any atom is 0.410 e. The number of pyridine rings is 1. The highest BCUT2D eigenvalue weighted by Gasteiger charge is 2.27. The molecule has 2 aliphatic rings. The Balaban J connectivity index is 1.44. The van der Waals surface area contributed by atoms with Crippen LogP contribution in [0.5, 0.6) is 0 Å². The molecule has 0 saturated heterocycles. The minimum atomic E-state index is -2.56. The molecule has 2 aliphatic heterocycles. The van der Waals surface area contributed by atoms with E-state index in [2.05, 4.69) is 15.4 Å². The number of rotatable bonds is 4. The molecule has 11 heteroatoms. The molecule has 2 aromatic rings. The average molecular weight is 463 g/mol. The molecule has 0 aliphatic carbocycles. The van der Waals surface area contributed by atoms with Crippen molar-refractivity contribution in [2.45, 2.75) is 58.7 Å². The molecular weight excluding hydrogens is 434 g/mol. The number of hydrogen-bond acceptors (Lipinski definition) is 6. The van der Waals surface area contributed by atoms with Crippen LogP contribution in [0, 0.1) is 0 Å². The van der Waals surface area contributed by atoms with E-state index in [1.54, 1.807) is 21.8 Å². The molecule has 0 bridgehead atoms. The fraction of sp³-hybridized carbons (Fsp3) is 0.545. The molecule has 2 amide bonds. The number of carbonyl (C=O) groups is 2. The lowest BCUT2D eigenvalue weighted by molar-refractivity contribution is -0.133. The fourth-order valence-electron chi connectivity index (χ4n) is 3.94. The van der Waals surface area contributed by atoms with Gasteiger partial charge in [-0.05, 0) is 44.4 Å². The van der Waals surface area contributed by atoms with Crippen LogP contribution < -0.4 is 5.32 Å². The monoisotopic (exact) mass is 462 g/mol. The number of nitrogens with zero attached hydrogens (tertiary/aromatic N) is 5. The summed E-state index contributed by atoms with van der Waals surface area (Å²) in [5.74, 6) is 0.712. The van der Waals surface area contributed by atoms with E-state index in [9.17, 15) is 18.4 Å². The van der Waals surface area contributed by atoms with E-state index in [0.717, 1.165) is 16.8 Å². The lowest BCUT2D eigenvalue weighted by atomic mass is 10.0. The summed E-state index contributed by atoms with van der Waals surface area (Å²) in [7, 11) is 0. The van der Waals surface area contributed by atoms with Crippen molar-refractivity contribution in [1.29, 1.82) is 0 Å². The molecule has 0 saturated carbocycles. The third kappa shape index (κ3) is 5.58. The highest BCUT2D eigenvalue weighted by Crippen LogP contribution is 2.25. The Morgan fingerprint density at radius 1 is 1.15 bits per heavy atom. The first-order valence-corrected chi connectivity index (χ1v) is 10.9.